The highest BCUT2D eigenvalue weighted by Gasteiger charge is 2.34. The molecule has 1 aromatic rings. The van der Waals surface area contributed by atoms with Crippen molar-refractivity contribution in [3.63, 3.8) is 0 Å². The molecule has 7 heteroatoms. The number of hydrogen-bond acceptors (Lipinski definition) is 5. The van der Waals surface area contributed by atoms with Crippen LogP contribution in [-0.4, -0.2) is 40.3 Å². The lowest BCUT2D eigenvalue weighted by atomic mass is 10.0. The third-order valence-electron chi connectivity index (χ3n) is 3.80. The fourth-order valence-corrected chi connectivity index (χ4v) is 2.63. The van der Waals surface area contributed by atoms with Crippen LogP contribution in [0.2, 0.25) is 0 Å². The molecular weight excluding hydrogens is 264 g/mol. The van der Waals surface area contributed by atoms with E-state index in [-0.39, 0.29) is 35.5 Å². The average molecular weight is 280 g/mol. The van der Waals surface area contributed by atoms with E-state index in [9.17, 15) is 20.0 Å². The Labute approximate surface area is 115 Å². The smallest absolute Gasteiger partial charge is 0.335 e. The van der Waals surface area contributed by atoms with Crippen molar-refractivity contribution >= 4 is 17.3 Å². The van der Waals surface area contributed by atoms with Crippen molar-refractivity contribution in [1.29, 1.82) is 0 Å². The van der Waals surface area contributed by atoms with Gasteiger partial charge in [-0.1, -0.05) is 6.92 Å². The second kappa shape index (κ2) is 5.46. The number of anilines is 1. The van der Waals surface area contributed by atoms with Gasteiger partial charge in [0.05, 0.1) is 23.1 Å². The molecule has 0 aliphatic carbocycles. The SMILES string of the molecule is CC1CCN(c2cc(C(=O)O)ccc2[N+](=O)[O-])C1CO. The lowest BCUT2D eigenvalue weighted by Crippen LogP contribution is -2.35. The first-order chi connectivity index (χ1) is 9.45. The van der Waals surface area contributed by atoms with Gasteiger partial charge in [0.25, 0.3) is 5.69 Å². The molecule has 0 amide bonds. The molecule has 2 unspecified atom stereocenters. The maximum atomic E-state index is 11.1. The van der Waals surface area contributed by atoms with Crippen molar-refractivity contribution in [2.45, 2.75) is 19.4 Å². The molecule has 2 N–H and O–H groups in total. The summed E-state index contributed by atoms with van der Waals surface area (Å²) in [4.78, 5) is 23.3. The van der Waals surface area contributed by atoms with Crippen molar-refractivity contribution in [3.05, 3.63) is 33.9 Å². The second-order valence-corrected chi connectivity index (χ2v) is 4.98. The monoisotopic (exact) mass is 280 g/mol. The van der Waals surface area contributed by atoms with Crippen molar-refractivity contribution in [3.8, 4) is 0 Å². The van der Waals surface area contributed by atoms with Crippen LogP contribution in [0.3, 0.4) is 0 Å². The predicted octanol–water partition coefficient (Wildman–Crippen LogP) is 1.50. The molecule has 1 heterocycles. The molecule has 0 aromatic heterocycles. The lowest BCUT2D eigenvalue weighted by molar-refractivity contribution is -0.384. The van der Waals surface area contributed by atoms with E-state index >= 15 is 0 Å². The van der Waals surface area contributed by atoms with Gasteiger partial charge in [-0.05, 0) is 24.5 Å². The molecule has 0 saturated carbocycles. The Bertz CT molecular complexity index is 546. The Kier molecular flexibility index (Phi) is 3.89. The molecule has 1 fully saturated rings. The van der Waals surface area contributed by atoms with E-state index < -0.39 is 10.9 Å². The van der Waals surface area contributed by atoms with Crippen LogP contribution in [-0.2, 0) is 0 Å². The summed E-state index contributed by atoms with van der Waals surface area (Å²) < 4.78 is 0. The zero-order valence-corrected chi connectivity index (χ0v) is 11.0. The first-order valence-electron chi connectivity index (χ1n) is 6.35. The van der Waals surface area contributed by atoms with Gasteiger partial charge in [-0.3, -0.25) is 10.1 Å². The highest BCUT2D eigenvalue weighted by atomic mass is 16.6. The van der Waals surface area contributed by atoms with Crippen LogP contribution >= 0.6 is 0 Å². The number of carboxylic acid groups (broad SMARTS) is 1. The summed E-state index contributed by atoms with van der Waals surface area (Å²) in [6, 6.07) is 3.51. The number of aliphatic hydroxyl groups is 1. The minimum atomic E-state index is -1.13. The number of carboxylic acids is 1. The summed E-state index contributed by atoms with van der Waals surface area (Å²) in [6.45, 7) is 2.42. The Morgan fingerprint density at radius 1 is 1.55 bits per heavy atom. The van der Waals surface area contributed by atoms with Gasteiger partial charge < -0.3 is 15.1 Å². The van der Waals surface area contributed by atoms with Gasteiger partial charge in [-0.25, -0.2) is 4.79 Å². The maximum Gasteiger partial charge on any atom is 0.335 e. The number of aliphatic hydroxyl groups excluding tert-OH is 1. The van der Waals surface area contributed by atoms with Gasteiger partial charge in [0.1, 0.15) is 5.69 Å². The zero-order valence-electron chi connectivity index (χ0n) is 11.0. The number of aromatic carboxylic acids is 1. The summed E-state index contributed by atoms with van der Waals surface area (Å²) >= 11 is 0. The van der Waals surface area contributed by atoms with E-state index in [0.29, 0.717) is 6.54 Å². The van der Waals surface area contributed by atoms with Crippen LogP contribution in [0.5, 0.6) is 0 Å². The summed E-state index contributed by atoms with van der Waals surface area (Å²) in [5.41, 5.74) is 0.127. The average Bonchev–Trinajstić information content (AvgIpc) is 2.78. The minimum Gasteiger partial charge on any atom is -0.478 e. The number of nitro benzene ring substituents is 1. The second-order valence-electron chi connectivity index (χ2n) is 4.98. The summed E-state index contributed by atoms with van der Waals surface area (Å²) in [7, 11) is 0. The molecule has 0 radical (unpaired) electrons. The van der Waals surface area contributed by atoms with E-state index in [0.717, 1.165) is 6.42 Å². The lowest BCUT2D eigenvalue weighted by Gasteiger charge is -2.27. The molecule has 7 nitrogen and oxygen atoms in total. The van der Waals surface area contributed by atoms with E-state index in [1.54, 1.807) is 4.90 Å². The number of nitro groups is 1. The van der Waals surface area contributed by atoms with E-state index in [1.807, 2.05) is 6.92 Å². The molecule has 1 aromatic carbocycles. The largest absolute Gasteiger partial charge is 0.478 e. The first kappa shape index (κ1) is 14.3. The highest BCUT2D eigenvalue weighted by molar-refractivity contribution is 5.90. The molecule has 108 valence electrons. The standard InChI is InChI=1S/C13H16N2O5/c1-8-4-5-14(12(8)7-16)11-6-9(13(17)18)2-3-10(11)15(19)20/h2-3,6,8,12,16H,4-5,7H2,1H3,(H,17,18). The van der Waals surface area contributed by atoms with E-state index in [1.165, 1.54) is 18.2 Å². The van der Waals surface area contributed by atoms with Crippen LogP contribution in [0.4, 0.5) is 11.4 Å². The Hall–Kier alpha value is -2.15. The maximum absolute atomic E-state index is 11.1. The van der Waals surface area contributed by atoms with Gasteiger partial charge in [0.2, 0.25) is 0 Å². The molecule has 2 atom stereocenters. The molecule has 2 rings (SSSR count). The number of hydrogen-bond donors (Lipinski definition) is 2. The van der Waals surface area contributed by atoms with Crippen LogP contribution < -0.4 is 4.90 Å². The van der Waals surface area contributed by atoms with Gasteiger partial charge in [0.15, 0.2) is 0 Å². The van der Waals surface area contributed by atoms with E-state index in [4.69, 9.17) is 5.11 Å². The van der Waals surface area contributed by atoms with Gasteiger partial charge in [-0.15, -0.1) is 0 Å². The minimum absolute atomic E-state index is 0.00171. The van der Waals surface area contributed by atoms with Crippen LogP contribution in [0.25, 0.3) is 0 Å². The molecule has 20 heavy (non-hydrogen) atoms. The molecular formula is C13H16N2O5. The normalized spacial score (nSPS) is 22.0. The van der Waals surface area contributed by atoms with Gasteiger partial charge in [0, 0.05) is 12.6 Å². The quantitative estimate of drug-likeness (QED) is 0.639. The fraction of sp³-hybridized carbons (Fsp3) is 0.462. The van der Waals surface area contributed by atoms with Crippen molar-refractivity contribution < 1.29 is 19.9 Å². The van der Waals surface area contributed by atoms with Crippen molar-refractivity contribution in [1.82, 2.24) is 0 Å². The van der Waals surface area contributed by atoms with Crippen LogP contribution in [0, 0.1) is 16.0 Å². The molecule has 1 saturated heterocycles. The summed E-state index contributed by atoms with van der Waals surface area (Å²) in [5.74, 6) is -0.929. The van der Waals surface area contributed by atoms with Crippen molar-refractivity contribution in [2.24, 2.45) is 5.92 Å². The van der Waals surface area contributed by atoms with Crippen LogP contribution in [0.1, 0.15) is 23.7 Å². The molecule has 0 bridgehead atoms. The Morgan fingerprint density at radius 3 is 2.80 bits per heavy atom. The predicted molar refractivity (Wildman–Crippen MR) is 72.1 cm³/mol. The number of benzene rings is 1. The van der Waals surface area contributed by atoms with E-state index in [2.05, 4.69) is 0 Å². The number of nitrogens with zero attached hydrogens (tertiary/aromatic N) is 2. The number of carbonyl (C=O) groups is 1. The van der Waals surface area contributed by atoms with Gasteiger partial charge in [-0.2, -0.15) is 0 Å². The molecule has 0 spiro atoms. The third kappa shape index (κ3) is 2.44. The molecule has 1 aliphatic rings. The Balaban J connectivity index is 2.50. The Morgan fingerprint density at radius 2 is 2.25 bits per heavy atom. The van der Waals surface area contributed by atoms with Gasteiger partial charge >= 0.3 is 5.97 Å². The third-order valence-corrected chi connectivity index (χ3v) is 3.80. The first-order valence-corrected chi connectivity index (χ1v) is 6.35. The fourth-order valence-electron chi connectivity index (χ4n) is 2.63. The molecule has 1 aliphatic heterocycles. The van der Waals surface area contributed by atoms with Crippen molar-refractivity contribution in [2.75, 3.05) is 18.1 Å². The number of rotatable bonds is 4. The summed E-state index contributed by atoms with van der Waals surface area (Å²) in [6.07, 6.45) is 0.805. The van der Waals surface area contributed by atoms with Crippen LogP contribution in [0.15, 0.2) is 18.2 Å². The zero-order chi connectivity index (χ0) is 14.9. The highest BCUT2D eigenvalue weighted by Crippen LogP contribution is 2.36. The summed E-state index contributed by atoms with van der Waals surface area (Å²) in [5, 5.41) is 29.6. The topological polar surface area (TPSA) is 104 Å².